The zero-order chi connectivity index (χ0) is 7.56. The summed E-state index contributed by atoms with van der Waals surface area (Å²) >= 11 is 0. The molecule has 0 unspecified atom stereocenters. The molecule has 0 aliphatic heterocycles. The van der Waals surface area contributed by atoms with Gasteiger partial charge in [-0.1, -0.05) is 5.92 Å². The predicted octanol–water partition coefficient (Wildman–Crippen LogP) is 1.08. The Balaban J connectivity index is 3.20. The molecule has 0 spiro atoms. The smallest absolute Gasteiger partial charge is 0.136 e. The second-order valence-electron chi connectivity index (χ2n) is 2.00. The van der Waals surface area contributed by atoms with Gasteiger partial charge in [0.25, 0.3) is 0 Å². The first-order valence-electron chi connectivity index (χ1n) is 2.86. The van der Waals surface area contributed by atoms with Crippen molar-refractivity contribution in [1.29, 1.82) is 0 Å². The number of aryl methyl sites for hydroxylation is 1. The van der Waals surface area contributed by atoms with E-state index in [0.29, 0.717) is 5.69 Å². The predicted molar refractivity (Wildman–Crippen MR) is 38.6 cm³/mol. The quantitative estimate of drug-likeness (QED) is 0.537. The Morgan fingerprint density at radius 1 is 1.70 bits per heavy atom. The van der Waals surface area contributed by atoms with Crippen molar-refractivity contribution >= 4 is 0 Å². The average molecular weight is 133 g/mol. The Labute approximate surface area is 59.5 Å². The molecule has 50 valence electrons. The third-order valence-electron chi connectivity index (χ3n) is 1.23. The lowest BCUT2D eigenvalue weighted by atomic mass is 10.2. The zero-order valence-electron chi connectivity index (χ0n) is 5.63. The monoisotopic (exact) mass is 133 g/mol. The molecule has 0 atom stereocenters. The van der Waals surface area contributed by atoms with Gasteiger partial charge in [-0.05, 0) is 18.6 Å². The maximum Gasteiger partial charge on any atom is 0.136 e. The van der Waals surface area contributed by atoms with E-state index in [1.165, 1.54) is 6.20 Å². The molecule has 1 rings (SSSR count). The Hall–Kier alpha value is -1.49. The second kappa shape index (κ2) is 2.40. The molecule has 0 aliphatic rings. The van der Waals surface area contributed by atoms with Gasteiger partial charge in [-0.25, -0.2) is 4.98 Å². The van der Waals surface area contributed by atoms with E-state index in [9.17, 15) is 0 Å². The van der Waals surface area contributed by atoms with Gasteiger partial charge < -0.3 is 5.11 Å². The molecule has 0 aromatic carbocycles. The van der Waals surface area contributed by atoms with E-state index in [-0.39, 0.29) is 5.75 Å². The first kappa shape index (κ1) is 6.63. The Morgan fingerprint density at radius 3 is 2.90 bits per heavy atom. The van der Waals surface area contributed by atoms with Crippen LogP contribution in [0.4, 0.5) is 0 Å². The Morgan fingerprint density at radius 2 is 2.40 bits per heavy atom. The van der Waals surface area contributed by atoms with Gasteiger partial charge in [0.15, 0.2) is 0 Å². The van der Waals surface area contributed by atoms with Crippen LogP contribution in [0.25, 0.3) is 0 Å². The molecule has 0 bridgehead atoms. The number of hydrogen-bond donors (Lipinski definition) is 1. The van der Waals surface area contributed by atoms with Crippen LogP contribution in [-0.2, 0) is 0 Å². The molecule has 10 heavy (non-hydrogen) atoms. The van der Waals surface area contributed by atoms with E-state index in [1.54, 1.807) is 13.0 Å². The highest BCUT2D eigenvalue weighted by Crippen LogP contribution is 2.13. The third kappa shape index (κ3) is 1.08. The van der Waals surface area contributed by atoms with Crippen molar-refractivity contribution in [3.05, 3.63) is 23.5 Å². The number of rotatable bonds is 0. The molecule has 1 aromatic heterocycles. The lowest BCUT2D eigenvalue weighted by Crippen LogP contribution is -1.82. The van der Waals surface area contributed by atoms with E-state index < -0.39 is 0 Å². The molecular formula is C8H7NO. The van der Waals surface area contributed by atoms with Crippen LogP contribution in [0.2, 0.25) is 0 Å². The van der Waals surface area contributed by atoms with E-state index >= 15 is 0 Å². The van der Waals surface area contributed by atoms with Crippen LogP contribution in [0, 0.1) is 19.3 Å². The topological polar surface area (TPSA) is 33.1 Å². The number of nitrogens with zero attached hydrogens (tertiary/aromatic N) is 1. The van der Waals surface area contributed by atoms with E-state index in [4.69, 9.17) is 11.5 Å². The first-order valence-corrected chi connectivity index (χ1v) is 2.86. The van der Waals surface area contributed by atoms with Gasteiger partial charge >= 0.3 is 0 Å². The van der Waals surface area contributed by atoms with E-state index in [2.05, 4.69) is 10.9 Å². The van der Waals surface area contributed by atoms with Gasteiger partial charge in [0.2, 0.25) is 0 Å². The lowest BCUT2D eigenvalue weighted by Gasteiger charge is -1.95. The third-order valence-corrected chi connectivity index (χ3v) is 1.23. The molecule has 0 saturated carbocycles. The number of aromatic hydroxyl groups is 1. The summed E-state index contributed by atoms with van der Waals surface area (Å²) in [7, 11) is 0. The minimum Gasteiger partial charge on any atom is -0.506 e. The maximum absolute atomic E-state index is 9.01. The van der Waals surface area contributed by atoms with Gasteiger partial charge in [0.1, 0.15) is 11.4 Å². The Kier molecular flexibility index (Phi) is 1.59. The number of terminal acetylenes is 1. The lowest BCUT2D eigenvalue weighted by molar-refractivity contribution is 0.468. The fourth-order valence-electron chi connectivity index (χ4n) is 0.628. The van der Waals surface area contributed by atoms with Gasteiger partial charge in [-0.2, -0.15) is 0 Å². The van der Waals surface area contributed by atoms with Crippen molar-refractivity contribution in [2.45, 2.75) is 6.92 Å². The number of aromatic nitrogens is 1. The van der Waals surface area contributed by atoms with E-state index in [1.807, 2.05) is 0 Å². The summed E-state index contributed by atoms with van der Waals surface area (Å²) in [5.74, 6) is 2.55. The molecule has 2 heteroatoms. The summed E-state index contributed by atoms with van der Waals surface area (Å²) < 4.78 is 0. The number of hydrogen-bond acceptors (Lipinski definition) is 2. The molecule has 0 fully saturated rings. The summed E-state index contributed by atoms with van der Waals surface area (Å²) in [5, 5.41) is 9.01. The molecule has 1 N–H and O–H groups in total. The highest BCUT2D eigenvalue weighted by Gasteiger charge is 1.95. The molecule has 0 radical (unpaired) electrons. The van der Waals surface area contributed by atoms with Crippen molar-refractivity contribution in [2.75, 3.05) is 0 Å². The largest absolute Gasteiger partial charge is 0.506 e. The van der Waals surface area contributed by atoms with Gasteiger partial charge in [0.05, 0.1) is 6.20 Å². The van der Waals surface area contributed by atoms with Crippen LogP contribution in [0.15, 0.2) is 12.3 Å². The average Bonchev–Trinajstić information content (AvgIpc) is 1.95. The summed E-state index contributed by atoms with van der Waals surface area (Å²) in [4.78, 5) is 3.77. The standard InChI is InChI=1S/C8H7NO/c1-3-7-4-6(2)8(10)5-9-7/h1,4-5,10H,2H3. The molecule has 0 saturated heterocycles. The van der Waals surface area contributed by atoms with Crippen molar-refractivity contribution < 1.29 is 5.11 Å². The van der Waals surface area contributed by atoms with Crippen LogP contribution < -0.4 is 0 Å². The highest BCUT2D eigenvalue weighted by molar-refractivity contribution is 5.35. The molecule has 0 amide bonds. The summed E-state index contributed by atoms with van der Waals surface area (Å²) in [6.45, 7) is 1.78. The zero-order valence-corrected chi connectivity index (χ0v) is 5.63. The van der Waals surface area contributed by atoms with Crippen molar-refractivity contribution in [3.8, 4) is 18.1 Å². The van der Waals surface area contributed by atoms with Crippen molar-refractivity contribution in [1.82, 2.24) is 4.98 Å². The normalized spacial score (nSPS) is 8.80. The van der Waals surface area contributed by atoms with E-state index in [0.717, 1.165) is 5.56 Å². The van der Waals surface area contributed by atoms with Crippen molar-refractivity contribution in [3.63, 3.8) is 0 Å². The van der Waals surface area contributed by atoms with Crippen LogP contribution >= 0.6 is 0 Å². The molecule has 2 nitrogen and oxygen atoms in total. The van der Waals surface area contributed by atoms with Crippen LogP contribution in [0.5, 0.6) is 5.75 Å². The first-order chi connectivity index (χ1) is 4.74. The maximum atomic E-state index is 9.01. The van der Waals surface area contributed by atoms with Crippen LogP contribution in [0.3, 0.4) is 0 Å². The summed E-state index contributed by atoms with van der Waals surface area (Å²) in [5.41, 5.74) is 1.30. The highest BCUT2D eigenvalue weighted by atomic mass is 16.3. The fourth-order valence-corrected chi connectivity index (χ4v) is 0.628. The fraction of sp³-hybridized carbons (Fsp3) is 0.125. The van der Waals surface area contributed by atoms with Crippen LogP contribution in [0.1, 0.15) is 11.3 Å². The molecule has 0 aliphatic carbocycles. The summed E-state index contributed by atoms with van der Waals surface area (Å²) in [6.07, 6.45) is 6.43. The van der Waals surface area contributed by atoms with Gasteiger partial charge in [-0.15, -0.1) is 6.42 Å². The minimum absolute atomic E-state index is 0.180. The van der Waals surface area contributed by atoms with Crippen molar-refractivity contribution in [2.24, 2.45) is 0 Å². The molecule has 1 heterocycles. The Bertz CT molecular complexity index is 286. The van der Waals surface area contributed by atoms with Gasteiger partial charge in [0, 0.05) is 0 Å². The van der Waals surface area contributed by atoms with Gasteiger partial charge in [-0.3, -0.25) is 0 Å². The minimum atomic E-state index is 0.180. The van der Waals surface area contributed by atoms with Crippen LogP contribution in [-0.4, -0.2) is 10.1 Å². The molecule has 1 aromatic rings. The summed E-state index contributed by atoms with van der Waals surface area (Å²) in [6, 6.07) is 1.66. The molecular weight excluding hydrogens is 126 g/mol. The second-order valence-corrected chi connectivity index (χ2v) is 2.00. The number of pyridine rings is 1. The SMILES string of the molecule is C#Cc1cc(C)c(O)cn1.